The van der Waals surface area contributed by atoms with E-state index in [2.05, 4.69) is 5.32 Å². The molecular formula is C19H22N2O3. The number of benzene rings is 2. The molecule has 0 heterocycles. The Hall–Kier alpha value is -2.82. The molecule has 1 atom stereocenters. The van der Waals surface area contributed by atoms with Gasteiger partial charge in [-0.3, -0.25) is 4.79 Å². The number of carbonyl (C=O) groups excluding carboxylic acids is 2. The van der Waals surface area contributed by atoms with Gasteiger partial charge in [0.15, 0.2) is 6.10 Å². The van der Waals surface area contributed by atoms with Crippen molar-refractivity contribution in [2.45, 2.75) is 33.3 Å². The zero-order valence-electron chi connectivity index (χ0n) is 14.1. The Morgan fingerprint density at radius 1 is 1.17 bits per heavy atom. The Bertz CT molecular complexity index is 756. The monoisotopic (exact) mass is 326 g/mol. The summed E-state index contributed by atoms with van der Waals surface area (Å²) in [6.45, 7) is 5.65. The van der Waals surface area contributed by atoms with Gasteiger partial charge in [0.2, 0.25) is 0 Å². The smallest absolute Gasteiger partial charge is 0.338 e. The van der Waals surface area contributed by atoms with Crippen LogP contribution in [0.25, 0.3) is 0 Å². The zero-order valence-corrected chi connectivity index (χ0v) is 14.1. The molecule has 126 valence electrons. The molecule has 0 bridgehead atoms. The van der Waals surface area contributed by atoms with Crippen LogP contribution < -0.4 is 11.1 Å². The average molecular weight is 326 g/mol. The van der Waals surface area contributed by atoms with Crippen LogP contribution in [0.5, 0.6) is 0 Å². The van der Waals surface area contributed by atoms with Gasteiger partial charge in [0, 0.05) is 11.4 Å². The maximum absolute atomic E-state index is 12.4. The van der Waals surface area contributed by atoms with Crippen LogP contribution >= 0.6 is 0 Å². The third-order valence-corrected chi connectivity index (χ3v) is 3.69. The predicted octanol–water partition coefficient (Wildman–Crippen LogP) is 3.46. The highest BCUT2D eigenvalue weighted by Gasteiger charge is 2.22. The Balaban J connectivity index is 2.08. The Kier molecular flexibility index (Phi) is 5.58. The summed E-state index contributed by atoms with van der Waals surface area (Å²) in [7, 11) is 0. The van der Waals surface area contributed by atoms with Crippen molar-refractivity contribution in [3.05, 3.63) is 59.2 Å². The molecule has 0 aliphatic heterocycles. The van der Waals surface area contributed by atoms with Gasteiger partial charge in [-0.05, 0) is 55.7 Å². The molecule has 0 saturated heterocycles. The second-order valence-electron chi connectivity index (χ2n) is 5.74. The molecule has 0 spiro atoms. The fourth-order valence-electron chi connectivity index (χ4n) is 2.27. The van der Waals surface area contributed by atoms with Gasteiger partial charge in [-0.15, -0.1) is 0 Å². The molecule has 0 radical (unpaired) electrons. The van der Waals surface area contributed by atoms with E-state index in [1.165, 1.54) is 6.07 Å². The third kappa shape index (κ3) is 4.35. The van der Waals surface area contributed by atoms with Crippen molar-refractivity contribution < 1.29 is 14.3 Å². The molecule has 5 nitrogen and oxygen atoms in total. The maximum Gasteiger partial charge on any atom is 0.338 e. The van der Waals surface area contributed by atoms with Gasteiger partial charge >= 0.3 is 5.97 Å². The van der Waals surface area contributed by atoms with Crippen LogP contribution in [-0.4, -0.2) is 18.0 Å². The van der Waals surface area contributed by atoms with E-state index in [9.17, 15) is 9.59 Å². The number of nitrogens with two attached hydrogens (primary N) is 1. The van der Waals surface area contributed by atoms with E-state index in [1.54, 1.807) is 25.1 Å². The number of nitrogen functional groups attached to an aromatic ring is 1. The minimum Gasteiger partial charge on any atom is -0.449 e. The van der Waals surface area contributed by atoms with Gasteiger partial charge in [0.05, 0.1) is 5.56 Å². The molecular weight excluding hydrogens is 304 g/mol. The molecule has 24 heavy (non-hydrogen) atoms. The highest BCUT2D eigenvalue weighted by atomic mass is 16.5. The Morgan fingerprint density at radius 2 is 1.92 bits per heavy atom. The lowest BCUT2D eigenvalue weighted by Gasteiger charge is -2.17. The second-order valence-corrected chi connectivity index (χ2v) is 5.74. The van der Waals surface area contributed by atoms with Gasteiger partial charge in [-0.2, -0.15) is 0 Å². The Morgan fingerprint density at radius 3 is 2.58 bits per heavy atom. The molecule has 0 aromatic heterocycles. The van der Waals surface area contributed by atoms with Crippen molar-refractivity contribution >= 4 is 23.3 Å². The van der Waals surface area contributed by atoms with Crippen molar-refractivity contribution in [1.29, 1.82) is 0 Å². The van der Waals surface area contributed by atoms with Crippen LogP contribution in [0.15, 0.2) is 42.5 Å². The number of ether oxygens (including phenoxy) is 1. The summed E-state index contributed by atoms with van der Waals surface area (Å²) < 4.78 is 5.34. The molecule has 2 aromatic rings. The standard InChI is InChI=1S/C19H22N2O3/c1-4-17(24-19(23)14-6-5-7-15(20)11-14)18(22)21-16-10-12(2)8-9-13(16)3/h5-11,17H,4,20H2,1-3H3,(H,21,22). The number of esters is 1. The second kappa shape index (κ2) is 7.64. The van der Waals surface area contributed by atoms with Crippen molar-refractivity contribution in [1.82, 2.24) is 0 Å². The Labute approximate surface area is 141 Å². The SMILES string of the molecule is CCC(OC(=O)c1cccc(N)c1)C(=O)Nc1cc(C)ccc1C. The van der Waals surface area contributed by atoms with Crippen molar-refractivity contribution in [2.75, 3.05) is 11.1 Å². The summed E-state index contributed by atoms with van der Waals surface area (Å²) in [6, 6.07) is 12.3. The van der Waals surface area contributed by atoms with E-state index in [-0.39, 0.29) is 5.91 Å². The number of anilines is 2. The van der Waals surface area contributed by atoms with E-state index in [0.717, 1.165) is 16.8 Å². The number of hydrogen-bond acceptors (Lipinski definition) is 4. The van der Waals surface area contributed by atoms with Gasteiger partial charge in [-0.1, -0.05) is 25.1 Å². The maximum atomic E-state index is 12.4. The summed E-state index contributed by atoms with van der Waals surface area (Å²) in [4.78, 5) is 24.6. The van der Waals surface area contributed by atoms with Crippen LogP contribution in [0.2, 0.25) is 0 Å². The highest BCUT2D eigenvalue weighted by Crippen LogP contribution is 2.18. The quantitative estimate of drug-likeness (QED) is 0.651. The van der Waals surface area contributed by atoms with Crippen molar-refractivity contribution in [2.24, 2.45) is 0 Å². The number of rotatable bonds is 5. The first kappa shape index (κ1) is 17.5. The average Bonchev–Trinajstić information content (AvgIpc) is 2.55. The van der Waals surface area contributed by atoms with Crippen molar-refractivity contribution in [3.63, 3.8) is 0 Å². The normalized spacial score (nSPS) is 11.6. The van der Waals surface area contributed by atoms with Gasteiger partial charge < -0.3 is 15.8 Å². The molecule has 0 saturated carbocycles. The molecule has 1 amide bonds. The highest BCUT2D eigenvalue weighted by molar-refractivity contribution is 5.98. The lowest BCUT2D eigenvalue weighted by atomic mass is 10.1. The number of nitrogens with one attached hydrogen (secondary N) is 1. The number of carbonyl (C=O) groups is 2. The fraction of sp³-hybridized carbons (Fsp3) is 0.263. The van der Waals surface area contributed by atoms with E-state index < -0.39 is 12.1 Å². The first-order chi connectivity index (χ1) is 11.4. The molecule has 1 unspecified atom stereocenters. The summed E-state index contributed by atoms with van der Waals surface area (Å²) in [5.41, 5.74) is 9.18. The van der Waals surface area contributed by atoms with Crippen LogP contribution in [0.3, 0.4) is 0 Å². The molecule has 0 aliphatic rings. The minimum absolute atomic E-state index is 0.327. The molecule has 0 aliphatic carbocycles. The van der Waals surface area contributed by atoms with E-state index >= 15 is 0 Å². The summed E-state index contributed by atoms with van der Waals surface area (Å²) in [5, 5.41) is 2.83. The summed E-state index contributed by atoms with van der Waals surface area (Å²) >= 11 is 0. The largest absolute Gasteiger partial charge is 0.449 e. The van der Waals surface area contributed by atoms with Crippen LogP contribution in [0.1, 0.15) is 34.8 Å². The van der Waals surface area contributed by atoms with Crippen LogP contribution in [0, 0.1) is 13.8 Å². The van der Waals surface area contributed by atoms with Gasteiger partial charge in [0.25, 0.3) is 5.91 Å². The molecule has 2 rings (SSSR count). The van der Waals surface area contributed by atoms with Gasteiger partial charge in [0.1, 0.15) is 0 Å². The zero-order chi connectivity index (χ0) is 17.7. The topological polar surface area (TPSA) is 81.4 Å². The van der Waals surface area contributed by atoms with Gasteiger partial charge in [-0.25, -0.2) is 4.79 Å². The van der Waals surface area contributed by atoms with Crippen molar-refractivity contribution in [3.8, 4) is 0 Å². The minimum atomic E-state index is -0.862. The lowest BCUT2D eigenvalue weighted by Crippen LogP contribution is -2.32. The number of amides is 1. The molecule has 0 fully saturated rings. The van der Waals surface area contributed by atoms with E-state index in [1.807, 2.05) is 32.0 Å². The van der Waals surface area contributed by atoms with Crippen LogP contribution in [-0.2, 0) is 9.53 Å². The third-order valence-electron chi connectivity index (χ3n) is 3.69. The van der Waals surface area contributed by atoms with E-state index in [0.29, 0.717) is 17.7 Å². The first-order valence-electron chi connectivity index (χ1n) is 7.85. The number of aryl methyl sites for hydroxylation is 2. The summed E-state index contributed by atoms with van der Waals surface area (Å²) in [6.07, 6.45) is -0.482. The lowest BCUT2D eigenvalue weighted by molar-refractivity contribution is -0.124. The molecule has 3 N–H and O–H groups in total. The molecule has 5 heteroatoms. The predicted molar refractivity (Wildman–Crippen MR) is 94.9 cm³/mol. The number of hydrogen-bond donors (Lipinski definition) is 2. The van der Waals surface area contributed by atoms with Crippen LogP contribution in [0.4, 0.5) is 11.4 Å². The molecule has 2 aromatic carbocycles. The van der Waals surface area contributed by atoms with E-state index in [4.69, 9.17) is 10.5 Å². The first-order valence-corrected chi connectivity index (χ1v) is 7.85. The fourth-order valence-corrected chi connectivity index (χ4v) is 2.27. The summed E-state index contributed by atoms with van der Waals surface area (Å²) in [5.74, 6) is -0.909.